The lowest BCUT2D eigenvalue weighted by molar-refractivity contribution is 0.477. The SMILES string of the molecule is CCCCCCCCC(CCCCCCCC)N1c2cc(C(C)(C)C)sc2-c2sc(C(C)(C)C)cc2S1(=O)=O. The lowest BCUT2D eigenvalue weighted by Gasteiger charge is -2.35. The highest BCUT2D eigenvalue weighted by atomic mass is 32.2. The van der Waals surface area contributed by atoms with Crippen LogP contribution in [0.2, 0.25) is 0 Å². The Balaban J connectivity index is 1.99. The predicted molar refractivity (Wildman–Crippen MR) is 174 cm³/mol. The molecule has 0 bridgehead atoms. The third-order valence-corrected chi connectivity index (χ3v) is 13.3. The summed E-state index contributed by atoms with van der Waals surface area (Å²) in [6, 6.07) is 4.24. The number of hydrogen-bond donors (Lipinski definition) is 0. The van der Waals surface area contributed by atoms with Crippen LogP contribution in [0.15, 0.2) is 17.0 Å². The number of anilines is 1. The van der Waals surface area contributed by atoms with Crippen molar-refractivity contribution in [1.29, 1.82) is 0 Å². The van der Waals surface area contributed by atoms with Crippen molar-refractivity contribution >= 4 is 38.4 Å². The van der Waals surface area contributed by atoms with E-state index in [-0.39, 0.29) is 16.9 Å². The molecule has 0 saturated carbocycles. The number of thiophene rings is 2. The molecule has 2 aromatic rings. The molecule has 0 spiro atoms. The van der Waals surface area contributed by atoms with Crippen LogP contribution < -0.4 is 4.31 Å². The van der Waals surface area contributed by atoms with Crippen molar-refractivity contribution in [1.82, 2.24) is 0 Å². The minimum absolute atomic E-state index is 0.0181. The van der Waals surface area contributed by atoms with Gasteiger partial charge in [0.05, 0.1) is 15.4 Å². The zero-order valence-corrected chi connectivity index (χ0v) is 28.6. The van der Waals surface area contributed by atoms with Gasteiger partial charge >= 0.3 is 0 Å². The van der Waals surface area contributed by atoms with Gasteiger partial charge in [0.2, 0.25) is 0 Å². The molecule has 0 aliphatic carbocycles. The van der Waals surface area contributed by atoms with Crippen LogP contribution in [0.5, 0.6) is 0 Å². The van der Waals surface area contributed by atoms with E-state index < -0.39 is 10.0 Å². The fourth-order valence-corrected chi connectivity index (χ4v) is 10.4. The molecular weight excluding hydrogens is 539 g/mol. The molecule has 222 valence electrons. The normalized spacial score (nSPS) is 15.2. The second-order valence-corrected chi connectivity index (χ2v) is 17.6. The first-order valence-corrected chi connectivity index (χ1v) is 18.7. The molecule has 0 aromatic carbocycles. The summed E-state index contributed by atoms with van der Waals surface area (Å²) in [6.45, 7) is 17.8. The molecule has 3 nitrogen and oxygen atoms in total. The molecule has 0 atom stereocenters. The summed E-state index contributed by atoms with van der Waals surface area (Å²) in [5, 5.41) is 0. The van der Waals surface area contributed by atoms with Gasteiger partial charge in [0.1, 0.15) is 4.90 Å². The number of sulfonamides is 1. The molecule has 2 aromatic heterocycles. The third-order valence-electron chi connectivity index (χ3n) is 7.98. The van der Waals surface area contributed by atoms with Crippen molar-refractivity contribution in [2.24, 2.45) is 0 Å². The van der Waals surface area contributed by atoms with Crippen LogP contribution in [0.3, 0.4) is 0 Å². The first-order valence-electron chi connectivity index (χ1n) is 15.7. The molecule has 0 saturated heterocycles. The van der Waals surface area contributed by atoms with E-state index in [0.29, 0.717) is 4.90 Å². The standard InChI is InChI=1S/C33H55NO2S3/c1-9-11-13-15-17-19-21-25(22-20-18-16-14-12-10-2)34-26-23-28(32(3,4)5)37-30(26)31-27(39(34,35)36)24-29(38-31)33(6,7)8/h23-25H,9-22H2,1-8H3. The Hall–Kier alpha value is -0.850. The Labute approximate surface area is 248 Å². The van der Waals surface area contributed by atoms with Gasteiger partial charge in [-0.2, -0.15) is 0 Å². The molecule has 39 heavy (non-hydrogen) atoms. The van der Waals surface area contributed by atoms with Gasteiger partial charge in [-0.3, -0.25) is 4.31 Å². The van der Waals surface area contributed by atoms with Gasteiger partial charge in [0, 0.05) is 15.8 Å². The van der Waals surface area contributed by atoms with Gasteiger partial charge in [-0.25, -0.2) is 8.42 Å². The van der Waals surface area contributed by atoms with Gasteiger partial charge in [-0.1, -0.05) is 132 Å². The van der Waals surface area contributed by atoms with Gasteiger partial charge in [-0.15, -0.1) is 22.7 Å². The second-order valence-electron chi connectivity index (χ2n) is 13.7. The molecule has 0 amide bonds. The summed E-state index contributed by atoms with van der Waals surface area (Å²) in [5.74, 6) is 0. The van der Waals surface area contributed by atoms with Crippen LogP contribution in [-0.4, -0.2) is 14.5 Å². The van der Waals surface area contributed by atoms with E-state index in [9.17, 15) is 8.42 Å². The highest BCUT2D eigenvalue weighted by molar-refractivity contribution is 7.93. The first kappa shape index (κ1) is 32.7. The Morgan fingerprint density at radius 1 is 0.667 bits per heavy atom. The molecule has 0 radical (unpaired) electrons. The van der Waals surface area contributed by atoms with E-state index in [4.69, 9.17) is 0 Å². The maximum Gasteiger partial charge on any atom is 0.266 e. The minimum Gasteiger partial charge on any atom is -0.262 e. The average molecular weight is 594 g/mol. The van der Waals surface area contributed by atoms with E-state index in [2.05, 4.69) is 61.5 Å². The van der Waals surface area contributed by atoms with Gasteiger partial charge in [0.15, 0.2) is 0 Å². The highest BCUT2D eigenvalue weighted by Gasteiger charge is 2.43. The molecule has 0 unspecified atom stereocenters. The number of rotatable bonds is 15. The zero-order chi connectivity index (χ0) is 28.8. The topological polar surface area (TPSA) is 37.4 Å². The molecule has 3 rings (SSSR count). The maximum absolute atomic E-state index is 14.5. The van der Waals surface area contributed by atoms with Crippen LogP contribution in [-0.2, 0) is 20.9 Å². The van der Waals surface area contributed by atoms with Crippen molar-refractivity contribution in [3.05, 3.63) is 21.9 Å². The Kier molecular flexibility index (Phi) is 11.6. The summed E-state index contributed by atoms with van der Waals surface area (Å²) in [7, 11) is -3.62. The monoisotopic (exact) mass is 593 g/mol. The Morgan fingerprint density at radius 3 is 1.59 bits per heavy atom. The summed E-state index contributed by atoms with van der Waals surface area (Å²) < 4.78 is 30.9. The van der Waals surface area contributed by atoms with Crippen molar-refractivity contribution in [2.75, 3.05) is 4.31 Å². The number of unbranched alkanes of at least 4 members (excludes halogenated alkanes) is 10. The van der Waals surface area contributed by atoms with Crippen LogP contribution in [0.4, 0.5) is 5.69 Å². The summed E-state index contributed by atoms with van der Waals surface area (Å²) in [5.41, 5.74) is 0.848. The lowest BCUT2D eigenvalue weighted by atomic mass is 9.94. The van der Waals surface area contributed by atoms with Crippen molar-refractivity contribution in [3.63, 3.8) is 0 Å². The van der Waals surface area contributed by atoms with Gasteiger partial charge < -0.3 is 0 Å². The van der Waals surface area contributed by atoms with E-state index in [1.54, 1.807) is 11.3 Å². The van der Waals surface area contributed by atoms with Crippen LogP contribution in [0.25, 0.3) is 9.75 Å². The Morgan fingerprint density at radius 2 is 1.10 bits per heavy atom. The molecule has 1 aliphatic heterocycles. The van der Waals surface area contributed by atoms with Crippen LogP contribution in [0, 0.1) is 0 Å². The molecule has 6 heteroatoms. The van der Waals surface area contributed by atoms with E-state index in [0.717, 1.165) is 41.1 Å². The summed E-state index contributed by atoms with van der Waals surface area (Å²) >= 11 is 3.50. The van der Waals surface area contributed by atoms with E-state index in [1.165, 1.54) is 74.0 Å². The molecule has 0 N–H and O–H groups in total. The number of nitrogens with zero attached hydrogens (tertiary/aromatic N) is 1. The predicted octanol–water partition coefficient (Wildman–Crippen LogP) is 11.5. The quantitative estimate of drug-likeness (QED) is 0.193. The smallest absolute Gasteiger partial charge is 0.262 e. The van der Waals surface area contributed by atoms with Crippen molar-refractivity contribution < 1.29 is 8.42 Å². The Bertz CT molecular complexity index is 1130. The van der Waals surface area contributed by atoms with Crippen LogP contribution in [0.1, 0.15) is 155 Å². The van der Waals surface area contributed by atoms with Crippen LogP contribution >= 0.6 is 22.7 Å². The molecule has 3 heterocycles. The fourth-order valence-electron chi connectivity index (χ4n) is 5.50. The first-order chi connectivity index (χ1) is 18.3. The zero-order valence-electron chi connectivity index (χ0n) is 26.1. The molecular formula is C33H55NO2S3. The number of hydrogen-bond acceptors (Lipinski definition) is 4. The summed E-state index contributed by atoms with van der Waals surface area (Å²) in [4.78, 5) is 5.09. The number of fused-ring (bicyclic) bond motifs is 3. The van der Waals surface area contributed by atoms with Crippen molar-refractivity contribution in [3.8, 4) is 9.75 Å². The second kappa shape index (κ2) is 13.9. The van der Waals surface area contributed by atoms with E-state index in [1.807, 2.05) is 21.7 Å². The van der Waals surface area contributed by atoms with Crippen molar-refractivity contribution in [2.45, 2.75) is 167 Å². The highest BCUT2D eigenvalue weighted by Crippen LogP contribution is 2.55. The third kappa shape index (κ3) is 8.13. The van der Waals surface area contributed by atoms with E-state index >= 15 is 0 Å². The van der Waals surface area contributed by atoms with Gasteiger partial charge in [0.25, 0.3) is 10.0 Å². The molecule has 0 fully saturated rings. The fraction of sp³-hybridized carbons (Fsp3) is 0.758. The largest absolute Gasteiger partial charge is 0.266 e. The average Bonchev–Trinajstić information content (AvgIpc) is 3.48. The summed E-state index contributed by atoms with van der Waals surface area (Å²) in [6.07, 6.45) is 16.7. The van der Waals surface area contributed by atoms with Gasteiger partial charge in [-0.05, 0) is 35.8 Å². The lowest BCUT2D eigenvalue weighted by Crippen LogP contribution is -2.42. The maximum atomic E-state index is 14.5. The molecule has 1 aliphatic rings. The minimum atomic E-state index is -3.62.